The molecule has 104 valence electrons. The summed E-state index contributed by atoms with van der Waals surface area (Å²) in [6.45, 7) is 2.00. The minimum Gasteiger partial charge on any atom is -0.469 e. The maximum atomic E-state index is 12.9. The molecule has 0 radical (unpaired) electrons. The zero-order valence-electron chi connectivity index (χ0n) is 12.0. The predicted molar refractivity (Wildman–Crippen MR) is 82.9 cm³/mol. The van der Waals surface area contributed by atoms with Gasteiger partial charge in [-0.25, -0.2) is 0 Å². The molecule has 3 aromatic rings. The summed E-state index contributed by atoms with van der Waals surface area (Å²) in [5.74, 6) is 0.833. The summed E-state index contributed by atoms with van der Waals surface area (Å²) < 4.78 is 5.41. The van der Waals surface area contributed by atoms with Crippen LogP contribution in [0.25, 0.3) is 10.8 Å². The first-order chi connectivity index (χ1) is 10.3. The molecule has 1 aliphatic rings. The molecule has 1 aliphatic carbocycles. The van der Waals surface area contributed by atoms with Gasteiger partial charge in [-0.3, -0.25) is 4.79 Å². The van der Waals surface area contributed by atoms with Crippen LogP contribution >= 0.6 is 0 Å². The molecule has 0 atom stereocenters. The molecule has 2 nitrogen and oxygen atoms in total. The van der Waals surface area contributed by atoms with Crippen molar-refractivity contribution in [2.75, 3.05) is 0 Å². The minimum atomic E-state index is 0.0659. The molecule has 0 amide bonds. The van der Waals surface area contributed by atoms with Crippen LogP contribution in [0.3, 0.4) is 0 Å². The van der Waals surface area contributed by atoms with E-state index >= 15 is 0 Å². The lowest BCUT2D eigenvalue weighted by Gasteiger charge is -2.08. The maximum Gasteiger partial charge on any atom is 0.197 e. The fourth-order valence-electron chi connectivity index (χ4n) is 3.41. The number of aryl methyl sites for hydroxylation is 3. The summed E-state index contributed by atoms with van der Waals surface area (Å²) in [4.78, 5) is 12.9. The first-order valence-corrected chi connectivity index (χ1v) is 7.44. The molecule has 0 fully saturated rings. The topological polar surface area (TPSA) is 30.2 Å². The third kappa shape index (κ3) is 1.75. The third-order valence-corrected chi connectivity index (χ3v) is 4.43. The van der Waals surface area contributed by atoms with E-state index in [0.717, 1.165) is 36.0 Å². The monoisotopic (exact) mass is 276 g/mol. The summed E-state index contributed by atoms with van der Waals surface area (Å²) >= 11 is 0. The number of furan rings is 1. The number of ketones is 1. The zero-order chi connectivity index (χ0) is 14.4. The average molecular weight is 276 g/mol. The van der Waals surface area contributed by atoms with Crippen molar-refractivity contribution in [2.24, 2.45) is 0 Å². The van der Waals surface area contributed by atoms with Crippen LogP contribution in [0.15, 0.2) is 47.1 Å². The first-order valence-electron chi connectivity index (χ1n) is 7.44. The molecule has 1 aromatic heterocycles. The minimum absolute atomic E-state index is 0.0659. The van der Waals surface area contributed by atoms with Crippen LogP contribution in [-0.2, 0) is 19.3 Å². The van der Waals surface area contributed by atoms with Gasteiger partial charge in [0.2, 0.25) is 0 Å². The van der Waals surface area contributed by atoms with Crippen LogP contribution < -0.4 is 0 Å². The zero-order valence-corrected chi connectivity index (χ0v) is 12.0. The summed E-state index contributed by atoms with van der Waals surface area (Å²) in [6.07, 6.45) is 4.49. The van der Waals surface area contributed by atoms with Crippen molar-refractivity contribution >= 4 is 16.6 Å². The van der Waals surface area contributed by atoms with Crippen molar-refractivity contribution in [3.05, 3.63) is 70.7 Å². The highest BCUT2D eigenvalue weighted by Gasteiger charge is 2.21. The summed E-state index contributed by atoms with van der Waals surface area (Å²) in [5.41, 5.74) is 4.20. The second-order valence-corrected chi connectivity index (χ2v) is 5.55. The molecule has 1 heterocycles. The standard InChI is InChI=1S/C19H16O2/c1-2-17-16(10-11-21-17)19(20)15-9-8-13-7-6-12-4-3-5-14(15)18(12)13/h3-5,8-11H,2,6-7H2,1H3. The highest BCUT2D eigenvalue weighted by molar-refractivity contribution is 6.17. The second kappa shape index (κ2) is 4.59. The van der Waals surface area contributed by atoms with E-state index in [4.69, 9.17) is 4.42 Å². The van der Waals surface area contributed by atoms with Gasteiger partial charge in [0.1, 0.15) is 5.76 Å². The van der Waals surface area contributed by atoms with E-state index in [9.17, 15) is 4.79 Å². The average Bonchev–Trinajstić information content (AvgIpc) is 3.15. The Morgan fingerprint density at radius 1 is 1.05 bits per heavy atom. The summed E-state index contributed by atoms with van der Waals surface area (Å²) in [7, 11) is 0. The van der Waals surface area contributed by atoms with Crippen LogP contribution in [0.1, 0.15) is 39.7 Å². The number of rotatable bonds is 3. The Balaban J connectivity index is 1.94. The van der Waals surface area contributed by atoms with Crippen molar-refractivity contribution in [3.63, 3.8) is 0 Å². The van der Waals surface area contributed by atoms with Crippen LogP contribution in [0, 0.1) is 0 Å². The Hall–Kier alpha value is -2.35. The van der Waals surface area contributed by atoms with Gasteiger partial charge in [0, 0.05) is 12.0 Å². The molecule has 0 saturated heterocycles. The lowest BCUT2D eigenvalue weighted by Crippen LogP contribution is -2.04. The van der Waals surface area contributed by atoms with E-state index in [0.29, 0.717) is 5.56 Å². The van der Waals surface area contributed by atoms with Gasteiger partial charge in [0.05, 0.1) is 11.8 Å². The molecule has 2 aromatic carbocycles. The normalized spacial score (nSPS) is 13.0. The molecule has 21 heavy (non-hydrogen) atoms. The lowest BCUT2D eigenvalue weighted by atomic mass is 9.94. The summed E-state index contributed by atoms with van der Waals surface area (Å²) in [5, 5.41) is 2.36. The predicted octanol–water partition coefficient (Wildman–Crippen LogP) is 4.32. The number of carbonyl (C=O) groups is 1. The van der Waals surface area contributed by atoms with E-state index < -0.39 is 0 Å². The molecule has 0 aliphatic heterocycles. The van der Waals surface area contributed by atoms with Gasteiger partial charge in [-0.1, -0.05) is 37.3 Å². The van der Waals surface area contributed by atoms with Gasteiger partial charge in [-0.2, -0.15) is 0 Å². The van der Waals surface area contributed by atoms with E-state index in [-0.39, 0.29) is 5.78 Å². The Bertz CT molecular complexity index is 845. The second-order valence-electron chi connectivity index (χ2n) is 5.55. The fourth-order valence-corrected chi connectivity index (χ4v) is 3.41. The smallest absolute Gasteiger partial charge is 0.197 e. The van der Waals surface area contributed by atoms with Gasteiger partial charge >= 0.3 is 0 Å². The van der Waals surface area contributed by atoms with Crippen molar-refractivity contribution in [3.8, 4) is 0 Å². The molecule has 4 rings (SSSR count). The SMILES string of the molecule is CCc1occc1C(=O)c1ccc2c3c(cccc13)CC2. The lowest BCUT2D eigenvalue weighted by molar-refractivity contribution is 0.103. The van der Waals surface area contributed by atoms with Gasteiger partial charge in [-0.15, -0.1) is 0 Å². The van der Waals surface area contributed by atoms with Crippen molar-refractivity contribution in [2.45, 2.75) is 26.2 Å². The van der Waals surface area contributed by atoms with E-state index in [1.54, 1.807) is 12.3 Å². The van der Waals surface area contributed by atoms with E-state index in [1.165, 1.54) is 16.5 Å². The molecule has 0 spiro atoms. The Morgan fingerprint density at radius 2 is 1.86 bits per heavy atom. The quantitative estimate of drug-likeness (QED) is 0.667. The number of benzene rings is 2. The van der Waals surface area contributed by atoms with Gasteiger partial charge in [0.15, 0.2) is 5.78 Å². The van der Waals surface area contributed by atoms with Crippen LogP contribution in [-0.4, -0.2) is 5.78 Å². The highest BCUT2D eigenvalue weighted by atomic mass is 16.3. The molecule has 0 bridgehead atoms. The molecular weight excluding hydrogens is 260 g/mol. The third-order valence-electron chi connectivity index (χ3n) is 4.43. The van der Waals surface area contributed by atoms with E-state index in [1.807, 2.05) is 13.0 Å². The Labute approximate surface area is 123 Å². The molecule has 0 unspecified atom stereocenters. The Kier molecular flexibility index (Phi) is 2.71. The largest absolute Gasteiger partial charge is 0.469 e. The fraction of sp³-hybridized carbons (Fsp3) is 0.211. The van der Waals surface area contributed by atoms with E-state index in [2.05, 4.69) is 24.3 Å². The maximum absolute atomic E-state index is 12.9. The molecule has 2 heteroatoms. The molecule has 0 N–H and O–H groups in total. The van der Waals surface area contributed by atoms with Crippen LogP contribution in [0.4, 0.5) is 0 Å². The van der Waals surface area contributed by atoms with Crippen molar-refractivity contribution in [1.82, 2.24) is 0 Å². The van der Waals surface area contributed by atoms with Crippen molar-refractivity contribution in [1.29, 1.82) is 0 Å². The van der Waals surface area contributed by atoms with Crippen LogP contribution in [0.5, 0.6) is 0 Å². The molecular formula is C19H16O2. The number of hydrogen-bond donors (Lipinski definition) is 0. The molecule has 0 saturated carbocycles. The van der Waals surface area contributed by atoms with Crippen LogP contribution in [0.2, 0.25) is 0 Å². The number of carbonyl (C=O) groups excluding carboxylic acids is 1. The van der Waals surface area contributed by atoms with Gasteiger partial charge in [-0.05, 0) is 40.8 Å². The summed E-state index contributed by atoms with van der Waals surface area (Å²) in [6, 6.07) is 12.2. The van der Waals surface area contributed by atoms with Crippen molar-refractivity contribution < 1.29 is 9.21 Å². The van der Waals surface area contributed by atoms with Gasteiger partial charge in [0.25, 0.3) is 0 Å². The Morgan fingerprint density at radius 3 is 2.67 bits per heavy atom. The number of hydrogen-bond acceptors (Lipinski definition) is 2. The first kappa shape index (κ1) is 12.4. The highest BCUT2D eigenvalue weighted by Crippen LogP contribution is 2.33. The van der Waals surface area contributed by atoms with Gasteiger partial charge < -0.3 is 4.42 Å².